The second-order valence-corrected chi connectivity index (χ2v) is 8.71. The van der Waals surface area contributed by atoms with Gasteiger partial charge in [-0.1, -0.05) is 6.07 Å². The molecule has 8 heteroatoms. The van der Waals surface area contributed by atoms with E-state index < -0.39 is 10.0 Å². The van der Waals surface area contributed by atoms with E-state index in [1.54, 1.807) is 23.6 Å². The summed E-state index contributed by atoms with van der Waals surface area (Å²) in [7, 11) is -2.21. The second kappa shape index (κ2) is 6.86. The first-order valence-electron chi connectivity index (χ1n) is 5.95. The number of amides is 1. The summed E-state index contributed by atoms with van der Waals surface area (Å²) in [5, 5.41) is 4.36. The van der Waals surface area contributed by atoms with Gasteiger partial charge in [-0.15, -0.1) is 11.3 Å². The largest absolute Gasteiger partial charge is 0.325 e. The lowest BCUT2D eigenvalue weighted by molar-refractivity contribution is -0.116. The number of hydrogen-bond acceptors (Lipinski definition) is 4. The molecule has 1 N–H and O–H groups in total. The van der Waals surface area contributed by atoms with E-state index >= 15 is 0 Å². The number of carbonyl (C=O) groups excluding carboxylic acids is 1. The zero-order valence-electron chi connectivity index (χ0n) is 11.1. The molecule has 0 aliphatic heterocycles. The van der Waals surface area contributed by atoms with Gasteiger partial charge in [0, 0.05) is 16.3 Å². The van der Waals surface area contributed by atoms with Crippen molar-refractivity contribution in [2.45, 2.75) is 4.21 Å². The van der Waals surface area contributed by atoms with Gasteiger partial charge in [-0.3, -0.25) is 4.79 Å². The average Bonchev–Trinajstić information content (AvgIpc) is 2.96. The fourth-order valence-electron chi connectivity index (χ4n) is 1.58. The maximum absolute atomic E-state index is 12.2. The van der Waals surface area contributed by atoms with Crippen molar-refractivity contribution in [3.8, 4) is 0 Å². The van der Waals surface area contributed by atoms with Crippen LogP contribution in [0.3, 0.4) is 0 Å². The summed E-state index contributed by atoms with van der Waals surface area (Å²) >= 11 is 3.30. The van der Waals surface area contributed by atoms with Gasteiger partial charge in [0.1, 0.15) is 4.21 Å². The Hall–Kier alpha value is -0.970. The Kier molecular flexibility index (Phi) is 5.36. The van der Waals surface area contributed by atoms with Gasteiger partial charge in [0.05, 0.1) is 6.54 Å². The molecule has 2 aromatic rings. The number of hydrogen-bond donors (Lipinski definition) is 1. The SMILES string of the molecule is CN(CC(=O)Nc1ccc(I)cc1)S(=O)(=O)c1cccs1. The maximum Gasteiger partial charge on any atom is 0.252 e. The lowest BCUT2D eigenvalue weighted by Crippen LogP contribution is -2.34. The number of carbonyl (C=O) groups is 1. The highest BCUT2D eigenvalue weighted by molar-refractivity contribution is 14.1. The smallest absolute Gasteiger partial charge is 0.252 e. The number of nitrogens with one attached hydrogen (secondary N) is 1. The maximum atomic E-state index is 12.2. The molecule has 1 heterocycles. The van der Waals surface area contributed by atoms with Crippen molar-refractivity contribution >= 4 is 55.5 Å². The van der Waals surface area contributed by atoms with Crippen LogP contribution in [0.1, 0.15) is 0 Å². The molecule has 5 nitrogen and oxygen atoms in total. The number of likely N-dealkylation sites (N-methyl/N-ethyl adjacent to an activating group) is 1. The van der Waals surface area contributed by atoms with E-state index in [9.17, 15) is 13.2 Å². The topological polar surface area (TPSA) is 66.5 Å². The summed E-state index contributed by atoms with van der Waals surface area (Å²) in [6.07, 6.45) is 0. The molecule has 0 fully saturated rings. The summed E-state index contributed by atoms with van der Waals surface area (Å²) in [6.45, 7) is -0.230. The molecule has 112 valence electrons. The van der Waals surface area contributed by atoms with Crippen LogP contribution < -0.4 is 5.32 Å². The molecule has 0 spiro atoms. The van der Waals surface area contributed by atoms with Gasteiger partial charge in [-0.2, -0.15) is 4.31 Å². The first kappa shape index (κ1) is 16.4. The number of nitrogens with zero attached hydrogens (tertiary/aromatic N) is 1. The summed E-state index contributed by atoms with van der Waals surface area (Å²) in [4.78, 5) is 11.9. The Morgan fingerprint density at radius 3 is 2.52 bits per heavy atom. The number of rotatable bonds is 5. The minimum absolute atomic E-state index is 0.229. The van der Waals surface area contributed by atoms with Gasteiger partial charge < -0.3 is 5.32 Å². The molecule has 0 saturated carbocycles. The number of benzene rings is 1. The standard InChI is InChI=1S/C13H13IN2O3S2/c1-16(21(18,19)13-3-2-8-20-13)9-12(17)15-11-6-4-10(14)5-7-11/h2-8H,9H2,1H3,(H,15,17). The molecule has 0 aliphatic rings. The quantitative estimate of drug-likeness (QED) is 0.733. The van der Waals surface area contributed by atoms with Gasteiger partial charge in [0.15, 0.2) is 0 Å². The zero-order chi connectivity index (χ0) is 15.5. The summed E-state index contributed by atoms with van der Waals surface area (Å²) in [5.41, 5.74) is 0.641. The van der Waals surface area contributed by atoms with Crippen LogP contribution in [0.2, 0.25) is 0 Å². The molecule has 1 aromatic carbocycles. The van der Waals surface area contributed by atoms with Gasteiger partial charge in [0.25, 0.3) is 10.0 Å². The lowest BCUT2D eigenvalue weighted by atomic mass is 10.3. The second-order valence-electron chi connectivity index (χ2n) is 4.25. The van der Waals surface area contributed by atoms with Crippen LogP contribution in [0.15, 0.2) is 46.0 Å². The van der Waals surface area contributed by atoms with Crippen molar-refractivity contribution < 1.29 is 13.2 Å². The predicted octanol–water partition coefficient (Wildman–Crippen LogP) is 2.61. The number of anilines is 1. The molecular formula is C13H13IN2O3S2. The Balaban J connectivity index is 2.01. The Morgan fingerprint density at radius 2 is 1.95 bits per heavy atom. The normalized spacial score (nSPS) is 11.6. The molecule has 21 heavy (non-hydrogen) atoms. The third-order valence-electron chi connectivity index (χ3n) is 2.65. The van der Waals surface area contributed by atoms with Gasteiger partial charge in [-0.05, 0) is 58.3 Å². The van der Waals surface area contributed by atoms with Crippen molar-refractivity contribution in [3.05, 3.63) is 45.3 Å². The molecular weight excluding hydrogens is 423 g/mol. The van der Waals surface area contributed by atoms with E-state index in [-0.39, 0.29) is 16.7 Å². The molecule has 0 unspecified atom stereocenters. The number of halogens is 1. The van der Waals surface area contributed by atoms with E-state index in [0.29, 0.717) is 5.69 Å². The van der Waals surface area contributed by atoms with Gasteiger partial charge in [-0.25, -0.2) is 8.42 Å². The fraction of sp³-hybridized carbons (Fsp3) is 0.154. The summed E-state index contributed by atoms with van der Waals surface area (Å²) < 4.78 is 26.7. The highest BCUT2D eigenvalue weighted by Crippen LogP contribution is 2.19. The lowest BCUT2D eigenvalue weighted by Gasteiger charge is -2.15. The molecule has 0 bridgehead atoms. The highest BCUT2D eigenvalue weighted by Gasteiger charge is 2.23. The molecule has 0 radical (unpaired) electrons. The van der Waals surface area contributed by atoms with Crippen molar-refractivity contribution in [3.63, 3.8) is 0 Å². The Labute approximate surface area is 141 Å². The van der Waals surface area contributed by atoms with E-state index in [2.05, 4.69) is 27.9 Å². The Morgan fingerprint density at radius 1 is 1.29 bits per heavy atom. The third kappa shape index (κ3) is 4.25. The van der Waals surface area contributed by atoms with Crippen molar-refractivity contribution in [2.24, 2.45) is 0 Å². The molecule has 0 saturated heterocycles. The first-order chi connectivity index (χ1) is 9.89. The summed E-state index contributed by atoms with van der Waals surface area (Å²) in [6, 6.07) is 10.5. The van der Waals surface area contributed by atoms with Crippen molar-refractivity contribution in [1.82, 2.24) is 4.31 Å². The van der Waals surface area contributed by atoms with Crippen LogP contribution in [-0.4, -0.2) is 32.2 Å². The highest BCUT2D eigenvalue weighted by atomic mass is 127. The fourth-order valence-corrected chi connectivity index (χ4v) is 4.27. The third-order valence-corrected chi connectivity index (χ3v) is 6.55. The Bertz CT molecular complexity index is 712. The van der Waals surface area contributed by atoms with Crippen LogP contribution in [0.4, 0.5) is 5.69 Å². The monoisotopic (exact) mass is 436 g/mol. The molecule has 1 aromatic heterocycles. The first-order valence-corrected chi connectivity index (χ1v) is 9.35. The minimum atomic E-state index is -3.60. The van der Waals surface area contributed by atoms with Crippen LogP contribution in [0.5, 0.6) is 0 Å². The average molecular weight is 436 g/mol. The van der Waals surface area contributed by atoms with Gasteiger partial charge in [0.2, 0.25) is 5.91 Å². The predicted molar refractivity (Wildman–Crippen MR) is 91.9 cm³/mol. The van der Waals surface area contributed by atoms with Crippen LogP contribution in [0, 0.1) is 3.57 Å². The van der Waals surface area contributed by atoms with Gasteiger partial charge >= 0.3 is 0 Å². The molecule has 0 atom stereocenters. The van der Waals surface area contributed by atoms with Crippen LogP contribution >= 0.6 is 33.9 Å². The van der Waals surface area contributed by atoms with Crippen molar-refractivity contribution in [2.75, 3.05) is 18.9 Å². The minimum Gasteiger partial charge on any atom is -0.325 e. The van der Waals surface area contributed by atoms with Crippen molar-refractivity contribution in [1.29, 1.82) is 0 Å². The summed E-state index contributed by atoms with van der Waals surface area (Å²) in [5.74, 6) is -0.376. The molecule has 0 aliphatic carbocycles. The van der Waals surface area contributed by atoms with Crippen LogP contribution in [0.25, 0.3) is 0 Å². The van der Waals surface area contributed by atoms with Crippen LogP contribution in [-0.2, 0) is 14.8 Å². The van der Waals surface area contributed by atoms with E-state index in [1.807, 2.05) is 12.1 Å². The zero-order valence-corrected chi connectivity index (χ0v) is 14.9. The van der Waals surface area contributed by atoms with E-state index in [0.717, 1.165) is 19.2 Å². The molecule has 1 amide bonds. The number of sulfonamides is 1. The number of thiophene rings is 1. The molecule has 2 rings (SSSR count). The van der Waals surface area contributed by atoms with E-state index in [4.69, 9.17) is 0 Å². The van der Waals surface area contributed by atoms with E-state index in [1.165, 1.54) is 13.1 Å².